The summed E-state index contributed by atoms with van der Waals surface area (Å²) in [6.45, 7) is 3.75. The number of hydrogen-bond donors (Lipinski definition) is 1. The number of benzene rings is 2. The van der Waals surface area contributed by atoms with Gasteiger partial charge in [-0.2, -0.15) is 0 Å². The first-order valence-electron chi connectivity index (χ1n) is 8.58. The fraction of sp³-hybridized carbons (Fsp3) is 0.286. The largest absolute Gasteiger partial charge is 0.497 e. The first kappa shape index (κ1) is 18.6. The van der Waals surface area contributed by atoms with E-state index in [9.17, 15) is 4.79 Å². The van der Waals surface area contributed by atoms with E-state index in [1.54, 1.807) is 39.5 Å². The van der Waals surface area contributed by atoms with Gasteiger partial charge in [0.2, 0.25) is 0 Å². The van der Waals surface area contributed by atoms with E-state index in [1.807, 2.05) is 32.0 Å². The van der Waals surface area contributed by atoms with Crippen molar-refractivity contribution in [2.45, 2.75) is 19.9 Å². The second-order valence-electron chi connectivity index (χ2n) is 6.22. The SMILES string of the molecule is COc1ccc(C(C)NC(=O)c2oc3ccc(OC)cc3c2C)c(OC)c1. The van der Waals surface area contributed by atoms with Gasteiger partial charge >= 0.3 is 0 Å². The lowest BCUT2D eigenvalue weighted by Gasteiger charge is -2.17. The molecule has 0 radical (unpaired) electrons. The molecule has 3 aromatic rings. The highest BCUT2D eigenvalue weighted by Gasteiger charge is 2.21. The van der Waals surface area contributed by atoms with Crippen LogP contribution >= 0.6 is 0 Å². The van der Waals surface area contributed by atoms with Gasteiger partial charge in [-0.1, -0.05) is 0 Å². The maximum absolute atomic E-state index is 12.8. The van der Waals surface area contributed by atoms with Crippen LogP contribution in [0.25, 0.3) is 11.0 Å². The Hall–Kier alpha value is -3.15. The number of amides is 1. The van der Waals surface area contributed by atoms with Crippen LogP contribution in [-0.2, 0) is 0 Å². The third kappa shape index (κ3) is 3.56. The summed E-state index contributed by atoms with van der Waals surface area (Å²) in [4.78, 5) is 12.8. The molecule has 2 aromatic carbocycles. The van der Waals surface area contributed by atoms with Crippen LogP contribution in [0.1, 0.15) is 34.6 Å². The third-order valence-electron chi connectivity index (χ3n) is 4.60. The fourth-order valence-electron chi connectivity index (χ4n) is 3.06. The van der Waals surface area contributed by atoms with E-state index in [0.717, 1.165) is 22.3 Å². The maximum Gasteiger partial charge on any atom is 0.287 e. The van der Waals surface area contributed by atoms with Crippen LogP contribution in [0.2, 0.25) is 0 Å². The molecule has 0 bridgehead atoms. The van der Waals surface area contributed by atoms with Crippen LogP contribution in [0.15, 0.2) is 40.8 Å². The Morgan fingerprint density at radius 3 is 2.33 bits per heavy atom. The number of carbonyl (C=O) groups is 1. The summed E-state index contributed by atoms with van der Waals surface area (Å²) in [5.74, 6) is 2.06. The minimum absolute atomic E-state index is 0.277. The van der Waals surface area contributed by atoms with Crippen molar-refractivity contribution in [1.82, 2.24) is 5.32 Å². The summed E-state index contributed by atoms with van der Waals surface area (Å²) in [5.41, 5.74) is 2.27. The van der Waals surface area contributed by atoms with Gasteiger partial charge in [0.15, 0.2) is 5.76 Å². The molecular weight excluding hydrogens is 346 g/mol. The normalized spacial score (nSPS) is 11.9. The molecule has 1 aromatic heterocycles. The molecule has 0 aliphatic heterocycles. The molecule has 0 spiro atoms. The molecule has 0 aliphatic carbocycles. The van der Waals surface area contributed by atoms with Gasteiger partial charge in [0.1, 0.15) is 22.8 Å². The predicted molar refractivity (Wildman–Crippen MR) is 103 cm³/mol. The minimum Gasteiger partial charge on any atom is -0.497 e. The van der Waals surface area contributed by atoms with Gasteiger partial charge < -0.3 is 23.9 Å². The van der Waals surface area contributed by atoms with Crippen molar-refractivity contribution in [3.63, 3.8) is 0 Å². The van der Waals surface area contributed by atoms with E-state index < -0.39 is 0 Å². The Balaban J connectivity index is 1.87. The molecule has 3 rings (SSSR count). The number of methoxy groups -OCH3 is 3. The topological polar surface area (TPSA) is 69.9 Å². The minimum atomic E-state index is -0.284. The first-order valence-corrected chi connectivity index (χ1v) is 8.58. The molecule has 1 N–H and O–H groups in total. The lowest BCUT2D eigenvalue weighted by Crippen LogP contribution is -2.27. The molecule has 0 saturated carbocycles. The number of hydrogen-bond acceptors (Lipinski definition) is 5. The van der Waals surface area contributed by atoms with Crippen molar-refractivity contribution >= 4 is 16.9 Å². The first-order chi connectivity index (χ1) is 13.0. The van der Waals surface area contributed by atoms with E-state index in [-0.39, 0.29) is 17.7 Å². The van der Waals surface area contributed by atoms with Crippen molar-refractivity contribution < 1.29 is 23.4 Å². The van der Waals surface area contributed by atoms with Crippen molar-refractivity contribution in [3.8, 4) is 17.2 Å². The highest BCUT2D eigenvalue weighted by Crippen LogP contribution is 2.31. The maximum atomic E-state index is 12.8. The number of rotatable bonds is 6. The van der Waals surface area contributed by atoms with Gasteiger partial charge in [-0.3, -0.25) is 4.79 Å². The zero-order chi connectivity index (χ0) is 19.6. The summed E-state index contributed by atoms with van der Waals surface area (Å²) in [6, 6.07) is 10.7. The van der Waals surface area contributed by atoms with Crippen LogP contribution in [0.4, 0.5) is 0 Å². The Kier molecular flexibility index (Phi) is 5.26. The Morgan fingerprint density at radius 2 is 1.67 bits per heavy atom. The smallest absolute Gasteiger partial charge is 0.287 e. The van der Waals surface area contributed by atoms with E-state index >= 15 is 0 Å². The number of carbonyl (C=O) groups excluding carboxylic acids is 1. The van der Waals surface area contributed by atoms with Crippen LogP contribution in [-0.4, -0.2) is 27.2 Å². The van der Waals surface area contributed by atoms with E-state index in [0.29, 0.717) is 17.1 Å². The third-order valence-corrected chi connectivity index (χ3v) is 4.60. The molecule has 1 unspecified atom stereocenters. The van der Waals surface area contributed by atoms with Gasteiger partial charge in [0, 0.05) is 22.6 Å². The van der Waals surface area contributed by atoms with E-state index in [4.69, 9.17) is 18.6 Å². The van der Waals surface area contributed by atoms with Gasteiger partial charge in [-0.05, 0) is 44.2 Å². The lowest BCUT2D eigenvalue weighted by atomic mass is 10.1. The fourth-order valence-corrected chi connectivity index (χ4v) is 3.06. The second-order valence-corrected chi connectivity index (χ2v) is 6.22. The van der Waals surface area contributed by atoms with Crippen LogP contribution < -0.4 is 19.5 Å². The zero-order valence-electron chi connectivity index (χ0n) is 16.1. The van der Waals surface area contributed by atoms with Crippen molar-refractivity contribution in [2.24, 2.45) is 0 Å². The van der Waals surface area contributed by atoms with E-state index in [1.165, 1.54) is 0 Å². The van der Waals surface area contributed by atoms with Crippen LogP contribution in [0.3, 0.4) is 0 Å². The van der Waals surface area contributed by atoms with Gasteiger partial charge in [0.25, 0.3) is 5.91 Å². The van der Waals surface area contributed by atoms with Gasteiger partial charge in [-0.25, -0.2) is 0 Å². The average molecular weight is 369 g/mol. The average Bonchev–Trinajstić information content (AvgIpc) is 3.03. The number of ether oxygens (including phenoxy) is 3. The van der Waals surface area contributed by atoms with Crippen LogP contribution in [0, 0.1) is 6.92 Å². The lowest BCUT2D eigenvalue weighted by molar-refractivity contribution is 0.0913. The molecule has 142 valence electrons. The number of nitrogens with one attached hydrogen (secondary N) is 1. The predicted octanol–water partition coefficient (Wildman–Crippen LogP) is 4.26. The molecule has 6 nitrogen and oxygen atoms in total. The summed E-state index contributed by atoms with van der Waals surface area (Å²) in [6.07, 6.45) is 0. The standard InChI is InChI=1S/C21H23NO5/c1-12-17-10-14(24-3)7-9-18(17)27-20(12)21(23)22-13(2)16-8-6-15(25-4)11-19(16)26-5/h6-11,13H,1-5H3,(H,22,23). The van der Waals surface area contributed by atoms with E-state index in [2.05, 4.69) is 5.32 Å². The van der Waals surface area contributed by atoms with Crippen molar-refractivity contribution in [2.75, 3.05) is 21.3 Å². The molecule has 1 atom stereocenters. The van der Waals surface area contributed by atoms with Gasteiger partial charge in [0.05, 0.1) is 27.4 Å². The highest BCUT2D eigenvalue weighted by molar-refractivity contribution is 5.99. The molecule has 27 heavy (non-hydrogen) atoms. The second kappa shape index (κ2) is 7.61. The Morgan fingerprint density at radius 1 is 1.00 bits per heavy atom. The highest BCUT2D eigenvalue weighted by atomic mass is 16.5. The number of aryl methyl sites for hydroxylation is 1. The van der Waals surface area contributed by atoms with Gasteiger partial charge in [-0.15, -0.1) is 0 Å². The number of fused-ring (bicyclic) bond motifs is 1. The summed E-state index contributed by atoms with van der Waals surface area (Å²) < 4.78 is 21.7. The summed E-state index contributed by atoms with van der Waals surface area (Å²) in [5, 5.41) is 3.83. The number of furan rings is 1. The van der Waals surface area contributed by atoms with Crippen molar-refractivity contribution in [3.05, 3.63) is 53.3 Å². The Bertz CT molecular complexity index is 976. The summed E-state index contributed by atoms with van der Waals surface area (Å²) >= 11 is 0. The molecule has 0 fully saturated rings. The quantitative estimate of drug-likeness (QED) is 0.703. The summed E-state index contributed by atoms with van der Waals surface area (Å²) in [7, 11) is 4.79. The molecule has 1 heterocycles. The molecule has 1 amide bonds. The van der Waals surface area contributed by atoms with Crippen LogP contribution in [0.5, 0.6) is 17.2 Å². The zero-order valence-corrected chi connectivity index (χ0v) is 16.1. The molecular formula is C21H23NO5. The molecule has 0 saturated heterocycles. The monoisotopic (exact) mass is 369 g/mol. The Labute approximate surface area is 158 Å². The molecule has 0 aliphatic rings. The molecule has 6 heteroatoms. The van der Waals surface area contributed by atoms with Crippen molar-refractivity contribution in [1.29, 1.82) is 0 Å².